The summed E-state index contributed by atoms with van der Waals surface area (Å²) in [6, 6.07) is 17.4. The van der Waals surface area contributed by atoms with Crippen molar-refractivity contribution in [3.63, 3.8) is 0 Å². The molecule has 1 aromatic heterocycles. The summed E-state index contributed by atoms with van der Waals surface area (Å²) in [6.07, 6.45) is 3.03. The molecule has 3 aromatic rings. The number of H-pyrrole nitrogens is 1. The summed E-state index contributed by atoms with van der Waals surface area (Å²) >= 11 is 0. The molecule has 0 radical (unpaired) electrons. The van der Waals surface area contributed by atoms with Crippen LogP contribution in [0.2, 0.25) is 0 Å². The highest BCUT2D eigenvalue weighted by Gasteiger charge is 2.12. The average molecular weight is 385 g/mol. The minimum Gasteiger partial charge on any atom is -0.361 e. The first-order valence-electron chi connectivity index (χ1n) is 8.86. The molecule has 0 aliphatic carbocycles. The first-order chi connectivity index (χ1) is 13.0. The van der Waals surface area contributed by atoms with E-state index in [9.17, 15) is 13.2 Å². The molecule has 142 valence electrons. The van der Waals surface area contributed by atoms with E-state index in [0.29, 0.717) is 19.4 Å². The molecule has 7 heteroatoms. The fraction of sp³-hybridized carbons (Fsp3) is 0.250. The van der Waals surface area contributed by atoms with Gasteiger partial charge in [0.1, 0.15) is 0 Å². The maximum atomic E-state index is 12.0. The predicted octanol–water partition coefficient (Wildman–Crippen LogP) is 1.99. The lowest BCUT2D eigenvalue weighted by Crippen LogP contribution is -2.38. The van der Waals surface area contributed by atoms with E-state index < -0.39 is 10.0 Å². The lowest BCUT2D eigenvalue weighted by atomic mass is 10.1. The Morgan fingerprint density at radius 3 is 2.52 bits per heavy atom. The van der Waals surface area contributed by atoms with Crippen LogP contribution in [0.5, 0.6) is 0 Å². The van der Waals surface area contributed by atoms with E-state index in [-0.39, 0.29) is 18.2 Å². The Bertz CT molecular complexity index is 997. The minimum atomic E-state index is -3.49. The van der Waals surface area contributed by atoms with E-state index in [1.54, 1.807) is 0 Å². The highest BCUT2D eigenvalue weighted by molar-refractivity contribution is 7.89. The summed E-state index contributed by atoms with van der Waals surface area (Å²) < 4.78 is 26.4. The van der Waals surface area contributed by atoms with Gasteiger partial charge in [0.25, 0.3) is 0 Å². The molecule has 0 unspecified atom stereocenters. The first-order valence-corrected chi connectivity index (χ1v) is 10.5. The molecule has 3 rings (SSSR count). The van der Waals surface area contributed by atoms with Gasteiger partial charge < -0.3 is 10.3 Å². The zero-order valence-corrected chi connectivity index (χ0v) is 15.8. The summed E-state index contributed by atoms with van der Waals surface area (Å²) in [5, 5.41) is 3.88. The average Bonchev–Trinajstić information content (AvgIpc) is 3.09. The molecule has 0 bridgehead atoms. The van der Waals surface area contributed by atoms with Gasteiger partial charge in [0, 0.05) is 23.6 Å². The van der Waals surface area contributed by atoms with Crippen molar-refractivity contribution in [3.05, 3.63) is 71.9 Å². The molecule has 2 aromatic carbocycles. The Kier molecular flexibility index (Phi) is 6.26. The fourth-order valence-electron chi connectivity index (χ4n) is 2.88. The summed E-state index contributed by atoms with van der Waals surface area (Å²) in [4.78, 5) is 15.1. The van der Waals surface area contributed by atoms with Crippen molar-refractivity contribution in [2.24, 2.45) is 0 Å². The van der Waals surface area contributed by atoms with Crippen LogP contribution in [0.3, 0.4) is 0 Å². The van der Waals surface area contributed by atoms with Crippen LogP contribution in [0.4, 0.5) is 0 Å². The van der Waals surface area contributed by atoms with E-state index >= 15 is 0 Å². The third-order valence-electron chi connectivity index (χ3n) is 4.35. The SMILES string of the molecule is O=C(CNS(=O)(=O)CCc1ccccc1)NCCc1c[nH]c2ccccc12. The monoisotopic (exact) mass is 385 g/mol. The number of para-hydroxylation sites is 1. The van der Waals surface area contributed by atoms with Crippen LogP contribution >= 0.6 is 0 Å². The van der Waals surface area contributed by atoms with Gasteiger partial charge in [-0.25, -0.2) is 13.1 Å². The molecular formula is C20H23N3O3S. The van der Waals surface area contributed by atoms with Crippen LogP contribution in [0.15, 0.2) is 60.8 Å². The Hall–Kier alpha value is -2.64. The number of aromatic amines is 1. The van der Waals surface area contributed by atoms with Crippen LogP contribution < -0.4 is 10.0 Å². The number of carbonyl (C=O) groups is 1. The zero-order valence-electron chi connectivity index (χ0n) is 14.9. The molecule has 6 nitrogen and oxygen atoms in total. The summed E-state index contributed by atoms with van der Waals surface area (Å²) in [6.45, 7) is 0.206. The van der Waals surface area contributed by atoms with Crippen molar-refractivity contribution >= 4 is 26.8 Å². The van der Waals surface area contributed by atoms with Crippen LogP contribution in [0.1, 0.15) is 11.1 Å². The molecule has 0 saturated carbocycles. The number of aromatic nitrogens is 1. The number of aryl methyl sites for hydroxylation is 1. The van der Waals surface area contributed by atoms with Crippen LogP contribution in [-0.2, 0) is 27.7 Å². The minimum absolute atomic E-state index is 0.0420. The highest BCUT2D eigenvalue weighted by Crippen LogP contribution is 2.17. The lowest BCUT2D eigenvalue weighted by molar-refractivity contribution is -0.119. The van der Waals surface area contributed by atoms with Crippen molar-refractivity contribution in [2.45, 2.75) is 12.8 Å². The number of sulfonamides is 1. The molecule has 0 fully saturated rings. The zero-order chi connectivity index (χ0) is 19.1. The van der Waals surface area contributed by atoms with Crippen LogP contribution in [-0.4, -0.2) is 38.2 Å². The number of carbonyl (C=O) groups excluding carboxylic acids is 1. The molecule has 3 N–H and O–H groups in total. The molecule has 1 heterocycles. The van der Waals surface area contributed by atoms with Gasteiger partial charge in [0.05, 0.1) is 12.3 Å². The number of fused-ring (bicyclic) bond motifs is 1. The second kappa shape index (κ2) is 8.83. The van der Waals surface area contributed by atoms with Crippen molar-refractivity contribution in [1.82, 2.24) is 15.0 Å². The molecular weight excluding hydrogens is 362 g/mol. The normalized spacial score (nSPS) is 11.6. The summed E-state index contributed by atoms with van der Waals surface area (Å²) in [5.74, 6) is -0.377. The molecule has 27 heavy (non-hydrogen) atoms. The highest BCUT2D eigenvalue weighted by atomic mass is 32.2. The van der Waals surface area contributed by atoms with Crippen molar-refractivity contribution in [2.75, 3.05) is 18.8 Å². The van der Waals surface area contributed by atoms with E-state index in [2.05, 4.69) is 15.0 Å². The summed E-state index contributed by atoms with van der Waals surface area (Å²) in [5.41, 5.74) is 3.13. The third kappa shape index (κ3) is 5.67. The van der Waals surface area contributed by atoms with Gasteiger partial charge >= 0.3 is 0 Å². The summed E-state index contributed by atoms with van der Waals surface area (Å²) in [7, 11) is -3.49. The Morgan fingerprint density at radius 2 is 1.70 bits per heavy atom. The van der Waals surface area contributed by atoms with E-state index in [4.69, 9.17) is 0 Å². The van der Waals surface area contributed by atoms with Gasteiger partial charge in [-0.1, -0.05) is 48.5 Å². The number of nitrogens with one attached hydrogen (secondary N) is 3. The Labute approximate surface area is 159 Å². The van der Waals surface area contributed by atoms with Gasteiger partial charge in [-0.05, 0) is 30.0 Å². The van der Waals surface area contributed by atoms with Gasteiger partial charge in [-0.15, -0.1) is 0 Å². The Balaban J connectivity index is 1.40. The van der Waals surface area contributed by atoms with Gasteiger partial charge in [0.2, 0.25) is 15.9 Å². The Morgan fingerprint density at radius 1 is 0.963 bits per heavy atom. The van der Waals surface area contributed by atoms with E-state index in [1.165, 1.54) is 0 Å². The largest absolute Gasteiger partial charge is 0.361 e. The smallest absolute Gasteiger partial charge is 0.235 e. The molecule has 0 atom stereocenters. The lowest BCUT2D eigenvalue weighted by Gasteiger charge is -2.08. The van der Waals surface area contributed by atoms with Crippen molar-refractivity contribution < 1.29 is 13.2 Å². The molecule has 0 saturated heterocycles. The number of benzene rings is 2. The van der Waals surface area contributed by atoms with Gasteiger partial charge in [-0.3, -0.25) is 4.79 Å². The number of amides is 1. The first kappa shape index (κ1) is 19.1. The maximum Gasteiger partial charge on any atom is 0.235 e. The predicted molar refractivity (Wildman–Crippen MR) is 107 cm³/mol. The van der Waals surface area contributed by atoms with Crippen molar-refractivity contribution in [3.8, 4) is 0 Å². The third-order valence-corrected chi connectivity index (χ3v) is 5.67. The maximum absolute atomic E-state index is 12.0. The van der Waals surface area contributed by atoms with Gasteiger partial charge in [0.15, 0.2) is 0 Å². The number of rotatable bonds is 9. The number of hydrogen-bond acceptors (Lipinski definition) is 3. The fourth-order valence-corrected chi connectivity index (χ4v) is 3.88. The van der Waals surface area contributed by atoms with Crippen molar-refractivity contribution in [1.29, 1.82) is 0 Å². The standard InChI is InChI=1S/C20H23N3O3S/c24-20(15-23-27(25,26)13-11-16-6-2-1-3-7-16)21-12-10-17-14-22-19-9-5-4-8-18(17)19/h1-9,14,22-23H,10-13,15H2,(H,21,24). The molecule has 0 spiro atoms. The second-order valence-corrected chi connectivity index (χ2v) is 8.26. The molecule has 0 aliphatic heterocycles. The van der Waals surface area contributed by atoms with Crippen LogP contribution in [0.25, 0.3) is 10.9 Å². The van der Waals surface area contributed by atoms with Crippen LogP contribution in [0, 0.1) is 0 Å². The molecule has 1 amide bonds. The molecule has 0 aliphatic rings. The topological polar surface area (TPSA) is 91.1 Å². The van der Waals surface area contributed by atoms with E-state index in [1.807, 2.05) is 60.8 Å². The quantitative estimate of drug-likeness (QED) is 0.526. The van der Waals surface area contributed by atoms with Gasteiger partial charge in [-0.2, -0.15) is 0 Å². The number of hydrogen-bond donors (Lipinski definition) is 3. The van der Waals surface area contributed by atoms with E-state index in [0.717, 1.165) is 22.0 Å². The second-order valence-electron chi connectivity index (χ2n) is 6.34.